The van der Waals surface area contributed by atoms with Gasteiger partial charge in [0.1, 0.15) is 0 Å². The summed E-state index contributed by atoms with van der Waals surface area (Å²) in [6, 6.07) is 1.66. The largest absolute Gasteiger partial charge is 0.396 e. The molecular weight excluding hydrogens is 180 g/mol. The normalized spacial score (nSPS) is 16.6. The fourth-order valence-electron chi connectivity index (χ4n) is 1.50. The van der Waals surface area contributed by atoms with Gasteiger partial charge in [0, 0.05) is 19.3 Å². The molecule has 2 rings (SSSR count). The fraction of sp³-hybridized carbons (Fsp3) is 0.333. The maximum Gasteiger partial charge on any atom is 0.321 e. The lowest BCUT2D eigenvalue weighted by Gasteiger charge is -2.28. The van der Waals surface area contributed by atoms with E-state index in [2.05, 4.69) is 10.3 Å². The highest BCUT2D eigenvalue weighted by atomic mass is 16.2. The van der Waals surface area contributed by atoms with Crippen LogP contribution in [0, 0.1) is 0 Å². The summed E-state index contributed by atoms with van der Waals surface area (Å²) in [5, 5.41) is 2.77. The van der Waals surface area contributed by atoms with E-state index in [-0.39, 0.29) is 6.03 Å². The van der Waals surface area contributed by atoms with Crippen LogP contribution in [0.25, 0.3) is 0 Å². The molecule has 1 aliphatic heterocycles. The average molecular weight is 192 g/mol. The van der Waals surface area contributed by atoms with Gasteiger partial charge < -0.3 is 11.1 Å². The molecular formula is C9H12N4O. The standard InChI is InChI=1S/C9H12N4O/c10-7-6-11-4-2-8(7)13-5-1-3-12-9(13)14/h2,4,6H,1,3,5,10H2,(H,12,14). The van der Waals surface area contributed by atoms with Crippen LogP contribution in [-0.4, -0.2) is 24.1 Å². The molecule has 2 amide bonds. The number of nitrogens with zero attached hydrogens (tertiary/aromatic N) is 2. The van der Waals surface area contributed by atoms with E-state index >= 15 is 0 Å². The van der Waals surface area contributed by atoms with Gasteiger partial charge in [0.25, 0.3) is 0 Å². The number of hydrogen-bond donors (Lipinski definition) is 2. The Balaban J connectivity index is 2.29. The lowest BCUT2D eigenvalue weighted by molar-refractivity contribution is 0.243. The molecule has 0 radical (unpaired) electrons. The van der Waals surface area contributed by atoms with Gasteiger partial charge in [0.2, 0.25) is 0 Å². The van der Waals surface area contributed by atoms with Crippen LogP contribution in [0.2, 0.25) is 0 Å². The smallest absolute Gasteiger partial charge is 0.321 e. The summed E-state index contributed by atoms with van der Waals surface area (Å²) >= 11 is 0. The van der Waals surface area contributed by atoms with E-state index in [1.165, 1.54) is 0 Å². The van der Waals surface area contributed by atoms with Gasteiger partial charge in [-0.05, 0) is 12.5 Å². The van der Waals surface area contributed by atoms with Crippen LogP contribution in [0.15, 0.2) is 18.5 Å². The first-order valence-electron chi connectivity index (χ1n) is 4.54. The van der Waals surface area contributed by atoms with Crippen molar-refractivity contribution in [2.45, 2.75) is 6.42 Å². The van der Waals surface area contributed by atoms with Crippen LogP contribution in [0.3, 0.4) is 0 Å². The highest BCUT2D eigenvalue weighted by Crippen LogP contribution is 2.22. The molecule has 1 aromatic rings. The number of aromatic nitrogens is 1. The molecule has 1 saturated heterocycles. The molecule has 0 atom stereocenters. The molecule has 0 spiro atoms. The monoisotopic (exact) mass is 192 g/mol. The lowest BCUT2D eigenvalue weighted by atomic mass is 10.2. The lowest BCUT2D eigenvalue weighted by Crippen LogP contribution is -2.46. The van der Waals surface area contributed by atoms with Gasteiger partial charge in [-0.1, -0.05) is 0 Å². The molecule has 3 N–H and O–H groups in total. The number of carbonyl (C=O) groups is 1. The minimum Gasteiger partial charge on any atom is -0.396 e. The number of urea groups is 1. The van der Waals surface area contributed by atoms with E-state index in [1.54, 1.807) is 23.4 Å². The second kappa shape index (κ2) is 3.53. The molecule has 1 fully saturated rings. The number of nitrogens with one attached hydrogen (secondary N) is 1. The molecule has 74 valence electrons. The predicted octanol–water partition coefficient (Wildman–Crippen LogP) is 0.584. The zero-order valence-electron chi connectivity index (χ0n) is 7.73. The zero-order chi connectivity index (χ0) is 9.97. The highest BCUT2D eigenvalue weighted by molar-refractivity contribution is 5.95. The Morgan fingerprint density at radius 1 is 1.57 bits per heavy atom. The SMILES string of the molecule is Nc1cnccc1N1CCCNC1=O. The Morgan fingerprint density at radius 3 is 3.14 bits per heavy atom. The van der Waals surface area contributed by atoms with Gasteiger partial charge in [-0.25, -0.2) is 4.79 Å². The molecule has 2 heterocycles. The molecule has 14 heavy (non-hydrogen) atoms. The number of anilines is 2. The first kappa shape index (κ1) is 8.80. The fourth-order valence-corrected chi connectivity index (χ4v) is 1.50. The summed E-state index contributed by atoms with van der Waals surface area (Å²) in [5.74, 6) is 0. The first-order chi connectivity index (χ1) is 6.79. The number of carbonyl (C=O) groups excluding carboxylic acids is 1. The molecule has 0 bridgehead atoms. The van der Waals surface area contributed by atoms with Crippen molar-refractivity contribution >= 4 is 17.4 Å². The van der Waals surface area contributed by atoms with Gasteiger partial charge in [-0.2, -0.15) is 0 Å². The van der Waals surface area contributed by atoms with Crippen LogP contribution in [0.5, 0.6) is 0 Å². The van der Waals surface area contributed by atoms with Gasteiger partial charge in [0.05, 0.1) is 17.6 Å². The third kappa shape index (κ3) is 1.48. The number of rotatable bonds is 1. The van der Waals surface area contributed by atoms with Gasteiger partial charge in [-0.15, -0.1) is 0 Å². The quantitative estimate of drug-likeness (QED) is 0.683. The second-order valence-electron chi connectivity index (χ2n) is 3.17. The van der Waals surface area contributed by atoms with Crippen molar-refractivity contribution in [3.05, 3.63) is 18.5 Å². The van der Waals surface area contributed by atoms with E-state index in [1.807, 2.05) is 0 Å². The minimum absolute atomic E-state index is 0.0887. The average Bonchev–Trinajstić information content (AvgIpc) is 2.20. The number of nitrogen functional groups attached to an aromatic ring is 1. The Kier molecular flexibility index (Phi) is 2.22. The van der Waals surface area contributed by atoms with Crippen molar-refractivity contribution in [3.8, 4) is 0 Å². The van der Waals surface area contributed by atoms with Gasteiger partial charge >= 0.3 is 6.03 Å². The third-order valence-electron chi connectivity index (χ3n) is 2.20. The van der Waals surface area contributed by atoms with Crippen molar-refractivity contribution in [2.24, 2.45) is 0 Å². The molecule has 0 aliphatic carbocycles. The van der Waals surface area contributed by atoms with E-state index in [0.29, 0.717) is 12.2 Å². The van der Waals surface area contributed by atoms with Crippen molar-refractivity contribution in [1.29, 1.82) is 0 Å². The Labute approximate surface area is 81.9 Å². The summed E-state index contributed by atoms with van der Waals surface area (Å²) in [6.45, 7) is 1.44. The molecule has 5 nitrogen and oxygen atoms in total. The molecule has 0 unspecified atom stereocenters. The Morgan fingerprint density at radius 2 is 2.43 bits per heavy atom. The van der Waals surface area contributed by atoms with Crippen molar-refractivity contribution in [2.75, 3.05) is 23.7 Å². The third-order valence-corrected chi connectivity index (χ3v) is 2.20. The highest BCUT2D eigenvalue weighted by Gasteiger charge is 2.20. The van der Waals surface area contributed by atoms with Crippen molar-refractivity contribution in [3.63, 3.8) is 0 Å². The number of nitrogens with two attached hydrogens (primary N) is 1. The molecule has 0 aromatic carbocycles. The molecule has 1 aliphatic rings. The number of pyridine rings is 1. The van der Waals surface area contributed by atoms with E-state index in [0.717, 1.165) is 18.7 Å². The summed E-state index contributed by atoms with van der Waals surface area (Å²) in [4.78, 5) is 17.0. The van der Waals surface area contributed by atoms with Gasteiger partial charge in [0.15, 0.2) is 0 Å². The zero-order valence-corrected chi connectivity index (χ0v) is 7.73. The summed E-state index contributed by atoms with van der Waals surface area (Å²) < 4.78 is 0. The summed E-state index contributed by atoms with van der Waals surface area (Å²) in [7, 11) is 0. The number of amides is 2. The summed E-state index contributed by atoms with van der Waals surface area (Å²) in [6.07, 6.45) is 4.12. The van der Waals surface area contributed by atoms with E-state index < -0.39 is 0 Å². The molecule has 5 heteroatoms. The van der Waals surface area contributed by atoms with Crippen molar-refractivity contribution in [1.82, 2.24) is 10.3 Å². The summed E-state index contributed by atoms with van der Waals surface area (Å²) in [5.41, 5.74) is 6.99. The minimum atomic E-state index is -0.0887. The predicted molar refractivity (Wildman–Crippen MR) is 54.0 cm³/mol. The van der Waals surface area contributed by atoms with Crippen LogP contribution in [0.4, 0.5) is 16.2 Å². The van der Waals surface area contributed by atoms with Crippen LogP contribution < -0.4 is 16.0 Å². The maximum atomic E-state index is 11.5. The van der Waals surface area contributed by atoms with E-state index in [4.69, 9.17) is 5.73 Å². The van der Waals surface area contributed by atoms with Crippen molar-refractivity contribution < 1.29 is 4.79 Å². The molecule has 0 saturated carbocycles. The maximum absolute atomic E-state index is 11.5. The first-order valence-corrected chi connectivity index (χ1v) is 4.54. The Hall–Kier alpha value is -1.78. The topological polar surface area (TPSA) is 71.2 Å². The van der Waals surface area contributed by atoms with Crippen LogP contribution >= 0.6 is 0 Å². The Bertz CT molecular complexity index is 352. The molecule has 1 aromatic heterocycles. The second-order valence-corrected chi connectivity index (χ2v) is 3.17. The van der Waals surface area contributed by atoms with Gasteiger partial charge in [-0.3, -0.25) is 9.88 Å². The number of hydrogen-bond acceptors (Lipinski definition) is 3. The van der Waals surface area contributed by atoms with Crippen LogP contribution in [-0.2, 0) is 0 Å². The van der Waals surface area contributed by atoms with E-state index in [9.17, 15) is 4.79 Å². The van der Waals surface area contributed by atoms with Crippen LogP contribution in [0.1, 0.15) is 6.42 Å².